The molecular weight excluding hydrogens is 266 g/mol. The highest BCUT2D eigenvalue weighted by Gasteiger charge is 2.17. The number of ether oxygens (including phenoxy) is 1. The molecular formula is C13H11NO4S. The smallest absolute Gasteiger partial charge is 0.337 e. The first-order valence-corrected chi connectivity index (χ1v) is 6.26. The number of rotatable bonds is 4. The summed E-state index contributed by atoms with van der Waals surface area (Å²) in [6.45, 7) is 0. The van der Waals surface area contributed by atoms with Gasteiger partial charge in [-0.3, -0.25) is 4.79 Å². The zero-order valence-corrected chi connectivity index (χ0v) is 10.9. The van der Waals surface area contributed by atoms with Crippen LogP contribution in [0, 0.1) is 0 Å². The van der Waals surface area contributed by atoms with Gasteiger partial charge in [0.1, 0.15) is 10.6 Å². The highest BCUT2D eigenvalue weighted by Crippen LogP contribution is 2.26. The van der Waals surface area contributed by atoms with Crippen LogP contribution in [0.3, 0.4) is 0 Å². The lowest BCUT2D eigenvalue weighted by Crippen LogP contribution is -2.14. The Bertz CT molecular complexity index is 621. The SMILES string of the molecule is COc1ccsc1C(=O)Nc1ccccc1C(=O)O. The van der Waals surface area contributed by atoms with E-state index in [1.165, 1.54) is 24.5 Å². The summed E-state index contributed by atoms with van der Waals surface area (Å²) in [7, 11) is 1.48. The third kappa shape index (κ3) is 2.74. The average molecular weight is 277 g/mol. The molecule has 1 aromatic carbocycles. The average Bonchev–Trinajstić information content (AvgIpc) is 2.87. The summed E-state index contributed by atoms with van der Waals surface area (Å²) in [5.41, 5.74) is 0.307. The van der Waals surface area contributed by atoms with E-state index in [2.05, 4.69) is 5.32 Å². The van der Waals surface area contributed by atoms with Crippen LogP contribution < -0.4 is 10.1 Å². The van der Waals surface area contributed by atoms with Gasteiger partial charge < -0.3 is 15.2 Å². The van der Waals surface area contributed by atoms with E-state index in [0.717, 1.165) is 0 Å². The topological polar surface area (TPSA) is 75.6 Å². The van der Waals surface area contributed by atoms with Crippen LogP contribution in [0.15, 0.2) is 35.7 Å². The van der Waals surface area contributed by atoms with Crippen molar-refractivity contribution in [3.05, 3.63) is 46.2 Å². The van der Waals surface area contributed by atoms with Crippen LogP contribution in [0.1, 0.15) is 20.0 Å². The maximum absolute atomic E-state index is 12.1. The van der Waals surface area contributed by atoms with Crippen LogP contribution in [0.5, 0.6) is 5.75 Å². The molecule has 1 heterocycles. The second-order valence-corrected chi connectivity index (χ2v) is 4.54. The van der Waals surface area contributed by atoms with Gasteiger partial charge in [0.15, 0.2) is 0 Å². The molecule has 0 saturated carbocycles. The van der Waals surface area contributed by atoms with Crippen molar-refractivity contribution in [2.45, 2.75) is 0 Å². The van der Waals surface area contributed by atoms with E-state index in [9.17, 15) is 9.59 Å². The molecule has 5 nitrogen and oxygen atoms in total. The quantitative estimate of drug-likeness (QED) is 0.901. The van der Waals surface area contributed by atoms with Crippen molar-refractivity contribution in [1.29, 1.82) is 0 Å². The molecule has 0 aliphatic heterocycles. The lowest BCUT2D eigenvalue weighted by molar-refractivity contribution is 0.0698. The first kappa shape index (κ1) is 13.1. The molecule has 0 saturated heterocycles. The van der Waals surface area contributed by atoms with Gasteiger partial charge in [0.25, 0.3) is 5.91 Å². The summed E-state index contributed by atoms with van der Waals surface area (Å²) in [6.07, 6.45) is 0. The van der Waals surface area contributed by atoms with Crippen LogP contribution in [0.2, 0.25) is 0 Å². The number of benzene rings is 1. The molecule has 1 amide bonds. The van der Waals surface area contributed by atoms with Crippen molar-refractivity contribution < 1.29 is 19.4 Å². The number of carbonyl (C=O) groups is 2. The van der Waals surface area contributed by atoms with Crippen molar-refractivity contribution in [2.75, 3.05) is 12.4 Å². The molecule has 1 aromatic heterocycles. The van der Waals surface area contributed by atoms with Crippen molar-refractivity contribution in [3.8, 4) is 5.75 Å². The van der Waals surface area contributed by atoms with E-state index in [1.807, 2.05) is 0 Å². The van der Waals surface area contributed by atoms with Crippen molar-refractivity contribution in [3.63, 3.8) is 0 Å². The van der Waals surface area contributed by atoms with Gasteiger partial charge in [0.05, 0.1) is 18.4 Å². The Morgan fingerprint density at radius 2 is 2.00 bits per heavy atom. The molecule has 2 N–H and O–H groups in total. The zero-order valence-electron chi connectivity index (χ0n) is 10.0. The van der Waals surface area contributed by atoms with Gasteiger partial charge >= 0.3 is 5.97 Å². The molecule has 0 radical (unpaired) electrons. The van der Waals surface area contributed by atoms with Gasteiger partial charge in [-0.25, -0.2) is 4.79 Å². The van der Waals surface area contributed by atoms with Crippen molar-refractivity contribution in [2.24, 2.45) is 0 Å². The maximum atomic E-state index is 12.1. The third-order valence-electron chi connectivity index (χ3n) is 2.46. The molecule has 0 spiro atoms. The van der Waals surface area contributed by atoms with E-state index in [-0.39, 0.29) is 17.2 Å². The minimum Gasteiger partial charge on any atom is -0.495 e. The molecule has 0 unspecified atom stereocenters. The summed E-state index contributed by atoms with van der Waals surface area (Å²) in [5.74, 6) is -1.01. The maximum Gasteiger partial charge on any atom is 0.337 e. The highest BCUT2D eigenvalue weighted by molar-refractivity contribution is 7.12. The third-order valence-corrected chi connectivity index (χ3v) is 3.36. The lowest BCUT2D eigenvalue weighted by Gasteiger charge is -2.08. The molecule has 2 rings (SSSR count). The number of thiophene rings is 1. The summed E-state index contributed by atoms with van der Waals surface area (Å²) >= 11 is 1.23. The van der Waals surface area contributed by atoms with E-state index in [4.69, 9.17) is 9.84 Å². The van der Waals surface area contributed by atoms with Crippen LogP contribution in [0.25, 0.3) is 0 Å². The standard InChI is InChI=1S/C13H11NO4S/c1-18-10-6-7-19-11(10)12(15)14-9-5-3-2-4-8(9)13(16)17/h2-7H,1H3,(H,14,15)(H,16,17). The Hall–Kier alpha value is -2.34. The van der Waals surface area contributed by atoms with Crippen molar-refractivity contribution >= 4 is 28.9 Å². The number of carboxylic acids is 1. The van der Waals surface area contributed by atoms with Crippen LogP contribution >= 0.6 is 11.3 Å². The van der Waals surface area contributed by atoms with Crippen LogP contribution in [-0.4, -0.2) is 24.1 Å². The molecule has 98 valence electrons. The second kappa shape index (κ2) is 5.53. The van der Waals surface area contributed by atoms with Gasteiger partial charge in [0.2, 0.25) is 0 Å². The summed E-state index contributed by atoms with van der Waals surface area (Å²) in [5, 5.41) is 13.3. The summed E-state index contributed by atoms with van der Waals surface area (Å²) < 4.78 is 5.06. The number of carboxylic acid groups (broad SMARTS) is 1. The summed E-state index contributed by atoms with van der Waals surface area (Å²) in [6, 6.07) is 7.92. The van der Waals surface area contributed by atoms with Gasteiger partial charge in [0, 0.05) is 0 Å². The van der Waals surface area contributed by atoms with E-state index < -0.39 is 5.97 Å². The zero-order chi connectivity index (χ0) is 13.8. The largest absolute Gasteiger partial charge is 0.495 e. The Balaban J connectivity index is 2.27. The van der Waals surface area contributed by atoms with Gasteiger partial charge in [-0.15, -0.1) is 11.3 Å². The number of hydrogen-bond acceptors (Lipinski definition) is 4. The first-order chi connectivity index (χ1) is 9.13. The predicted octanol–water partition coefficient (Wildman–Crippen LogP) is 2.71. The van der Waals surface area contributed by atoms with E-state index >= 15 is 0 Å². The Kier molecular flexibility index (Phi) is 3.82. The monoisotopic (exact) mass is 277 g/mol. The highest BCUT2D eigenvalue weighted by atomic mass is 32.1. The summed E-state index contributed by atoms with van der Waals surface area (Å²) in [4.78, 5) is 23.5. The lowest BCUT2D eigenvalue weighted by atomic mass is 10.2. The van der Waals surface area contributed by atoms with Crippen LogP contribution in [0.4, 0.5) is 5.69 Å². The first-order valence-electron chi connectivity index (χ1n) is 5.38. The van der Waals surface area contributed by atoms with Gasteiger partial charge in [-0.05, 0) is 23.6 Å². The molecule has 0 fully saturated rings. The molecule has 0 aliphatic carbocycles. The molecule has 6 heteroatoms. The number of anilines is 1. The predicted molar refractivity (Wildman–Crippen MR) is 72.2 cm³/mol. The molecule has 0 aliphatic rings. The van der Waals surface area contributed by atoms with Crippen molar-refractivity contribution in [1.82, 2.24) is 0 Å². The number of aromatic carboxylic acids is 1. The van der Waals surface area contributed by atoms with Gasteiger partial charge in [-0.2, -0.15) is 0 Å². The Morgan fingerprint density at radius 3 is 2.68 bits per heavy atom. The van der Waals surface area contributed by atoms with E-state index in [1.54, 1.807) is 29.6 Å². The van der Waals surface area contributed by atoms with E-state index in [0.29, 0.717) is 10.6 Å². The fourth-order valence-corrected chi connectivity index (χ4v) is 2.33. The van der Waals surface area contributed by atoms with Crippen LogP contribution in [-0.2, 0) is 0 Å². The molecule has 0 atom stereocenters. The molecule has 19 heavy (non-hydrogen) atoms. The normalized spacial score (nSPS) is 9.95. The Morgan fingerprint density at radius 1 is 1.26 bits per heavy atom. The Labute approximate surface area is 113 Å². The number of amides is 1. The molecule has 0 bridgehead atoms. The number of nitrogens with one attached hydrogen (secondary N) is 1. The number of para-hydroxylation sites is 1. The number of hydrogen-bond donors (Lipinski definition) is 2. The minimum absolute atomic E-state index is 0.0476. The minimum atomic E-state index is -1.09. The van der Waals surface area contributed by atoms with Gasteiger partial charge in [-0.1, -0.05) is 12.1 Å². The fraction of sp³-hybridized carbons (Fsp3) is 0.0769. The second-order valence-electron chi connectivity index (χ2n) is 3.62. The number of methoxy groups -OCH3 is 1. The number of carbonyl (C=O) groups excluding carboxylic acids is 1. The molecule has 2 aromatic rings. The fourth-order valence-electron chi connectivity index (χ4n) is 1.58.